The Labute approximate surface area is 164 Å². The van der Waals surface area contributed by atoms with Gasteiger partial charge in [-0.2, -0.15) is 5.10 Å². The number of hydrogen-bond acceptors (Lipinski definition) is 4. The number of carbonyl (C=O) groups is 1. The van der Waals surface area contributed by atoms with Gasteiger partial charge in [0.25, 0.3) is 0 Å². The van der Waals surface area contributed by atoms with E-state index in [9.17, 15) is 4.79 Å². The van der Waals surface area contributed by atoms with E-state index in [1.165, 1.54) is 24.1 Å². The Balaban J connectivity index is 1.36. The first-order valence-electron chi connectivity index (χ1n) is 9.85. The van der Waals surface area contributed by atoms with Gasteiger partial charge < -0.3 is 9.88 Å². The van der Waals surface area contributed by atoms with Crippen LogP contribution in [-0.2, 0) is 11.3 Å². The average Bonchev–Trinajstić information content (AvgIpc) is 3.30. The molecule has 1 fully saturated rings. The van der Waals surface area contributed by atoms with Crippen LogP contribution < -0.4 is 5.32 Å². The summed E-state index contributed by atoms with van der Waals surface area (Å²) in [5.74, 6) is 1.55. The first-order valence-corrected chi connectivity index (χ1v) is 9.85. The van der Waals surface area contributed by atoms with Crippen molar-refractivity contribution < 1.29 is 4.79 Å². The van der Waals surface area contributed by atoms with Gasteiger partial charge in [-0.3, -0.25) is 14.5 Å². The highest BCUT2D eigenvalue weighted by Crippen LogP contribution is 2.44. The molecule has 0 radical (unpaired) electrons. The van der Waals surface area contributed by atoms with Gasteiger partial charge in [0.05, 0.1) is 12.7 Å². The molecule has 0 bridgehead atoms. The van der Waals surface area contributed by atoms with Crippen molar-refractivity contribution in [3.05, 3.63) is 54.6 Å². The maximum atomic E-state index is 12.3. The van der Waals surface area contributed by atoms with E-state index in [0.29, 0.717) is 25.4 Å². The SMILES string of the molecule is Cc1nccn1[C@@H](C)CC(=O)NCCn1ncc(-c2ccncc2)c1C1CC1. The molecule has 28 heavy (non-hydrogen) atoms. The van der Waals surface area contributed by atoms with Crippen molar-refractivity contribution in [2.45, 2.75) is 51.6 Å². The molecular weight excluding hydrogens is 352 g/mol. The van der Waals surface area contributed by atoms with Gasteiger partial charge in [0.15, 0.2) is 0 Å². The fourth-order valence-electron chi connectivity index (χ4n) is 3.71. The van der Waals surface area contributed by atoms with Crippen LogP contribution in [0.3, 0.4) is 0 Å². The Morgan fingerprint density at radius 2 is 2.07 bits per heavy atom. The van der Waals surface area contributed by atoms with Gasteiger partial charge in [-0.1, -0.05) is 0 Å². The van der Waals surface area contributed by atoms with Gasteiger partial charge in [-0.15, -0.1) is 0 Å². The molecule has 3 aromatic heterocycles. The van der Waals surface area contributed by atoms with E-state index < -0.39 is 0 Å². The lowest BCUT2D eigenvalue weighted by atomic mass is 10.1. The maximum Gasteiger partial charge on any atom is 0.222 e. The first-order chi connectivity index (χ1) is 13.6. The van der Waals surface area contributed by atoms with Crippen molar-refractivity contribution in [3.8, 4) is 11.1 Å². The number of aromatic nitrogens is 5. The highest BCUT2D eigenvalue weighted by Gasteiger charge is 2.30. The molecule has 1 saturated carbocycles. The van der Waals surface area contributed by atoms with E-state index >= 15 is 0 Å². The second kappa shape index (κ2) is 7.96. The zero-order chi connectivity index (χ0) is 19.5. The molecule has 146 valence electrons. The number of nitrogens with one attached hydrogen (secondary N) is 1. The smallest absolute Gasteiger partial charge is 0.222 e. The third-order valence-electron chi connectivity index (χ3n) is 5.30. The Morgan fingerprint density at radius 3 is 2.75 bits per heavy atom. The Hall–Kier alpha value is -2.96. The van der Waals surface area contributed by atoms with Gasteiger partial charge in [0.2, 0.25) is 5.91 Å². The fraction of sp³-hybridized carbons (Fsp3) is 0.429. The lowest BCUT2D eigenvalue weighted by molar-refractivity contribution is -0.121. The third kappa shape index (κ3) is 3.98. The molecule has 1 aliphatic rings. The number of aryl methyl sites for hydroxylation is 1. The Kier molecular flexibility index (Phi) is 5.23. The average molecular weight is 378 g/mol. The molecule has 0 aromatic carbocycles. The zero-order valence-electron chi connectivity index (χ0n) is 16.4. The molecule has 7 nitrogen and oxygen atoms in total. The third-order valence-corrected chi connectivity index (χ3v) is 5.30. The van der Waals surface area contributed by atoms with Crippen LogP contribution in [0.4, 0.5) is 0 Å². The molecular formula is C21H26N6O. The molecule has 4 rings (SSSR count). The summed E-state index contributed by atoms with van der Waals surface area (Å²) < 4.78 is 4.08. The monoisotopic (exact) mass is 378 g/mol. The van der Waals surface area contributed by atoms with Crippen molar-refractivity contribution in [1.29, 1.82) is 0 Å². The van der Waals surface area contributed by atoms with E-state index in [1.807, 2.05) is 55.3 Å². The van der Waals surface area contributed by atoms with Crippen LogP contribution in [0.5, 0.6) is 0 Å². The van der Waals surface area contributed by atoms with Gasteiger partial charge in [0.1, 0.15) is 5.82 Å². The Bertz CT molecular complexity index is 941. The van der Waals surface area contributed by atoms with Crippen LogP contribution in [0.2, 0.25) is 0 Å². The number of nitrogens with zero attached hydrogens (tertiary/aromatic N) is 5. The molecule has 0 saturated heterocycles. The highest BCUT2D eigenvalue weighted by atomic mass is 16.1. The molecule has 0 spiro atoms. The van der Waals surface area contributed by atoms with Crippen molar-refractivity contribution >= 4 is 5.91 Å². The molecule has 1 amide bonds. The number of pyridine rings is 1. The topological polar surface area (TPSA) is 77.6 Å². The van der Waals surface area contributed by atoms with E-state index in [1.54, 1.807) is 6.20 Å². The molecule has 1 N–H and O–H groups in total. The molecule has 3 aromatic rings. The minimum absolute atomic E-state index is 0.0510. The summed E-state index contributed by atoms with van der Waals surface area (Å²) in [5.41, 5.74) is 3.61. The maximum absolute atomic E-state index is 12.3. The summed E-state index contributed by atoms with van der Waals surface area (Å²) >= 11 is 0. The second-order valence-corrected chi connectivity index (χ2v) is 7.46. The van der Waals surface area contributed by atoms with Crippen LogP contribution in [0.1, 0.15) is 49.7 Å². The fourth-order valence-corrected chi connectivity index (χ4v) is 3.71. The van der Waals surface area contributed by atoms with Crippen LogP contribution >= 0.6 is 0 Å². The number of hydrogen-bond donors (Lipinski definition) is 1. The number of rotatable bonds is 8. The number of imidazole rings is 1. The summed E-state index contributed by atoms with van der Waals surface area (Å²) in [6.07, 6.45) is 12.1. The van der Waals surface area contributed by atoms with Gasteiger partial charge >= 0.3 is 0 Å². The second-order valence-electron chi connectivity index (χ2n) is 7.46. The number of carbonyl (C=O) groups excluding carboxylic acids is 1. The molecule has 3 heterocycles. The minimum Gasteiger partial charge on any atom is -0.354 e. The van der Waals surface area contributed by atoms with Gasteiger partial charge in [-0.05, 0) is 44.4 Å². The minimum atomic E-state index is 0.0510. The molecule has 7 heteroatoms. The van der Waals surface area contributed by atoms with Crippen LogP contribution in [0.15, 0.2) is 43.1 Å². The predicted octanol–water partition coefficient (Wildman–Crippen LogP) is 3.09. The van der Waals surface area contributed by atoms with E-state index in [0.717, 1.165) is 11.4 Å². The summed E-state index contributed by atoms with van der Waals surface area (Å²) in [7, 11) is 0. The Morgan fingerprint density at radius 1 is 1.29 bits per heavy atom. The van der Waals surface area contributed by atoms with Crippen molar-refractivity contribution in [2.75, 3.05) is 6.54 Å². The summed E-state index contributed by atoms with van der Waals surface area (Å²) in [5, 5.41) is 7.63. The molecule has 1 atom stereocenters. The van der Waals surface area contributed by atoms with Crippen LogP contribution in [0, 0.1) is 6.92 Å². The van der Waals surface area contributed by atoms with E-state index in [2.05, 4.69) is 25.1 Å². The normalized spacial score (nSPS) is 14.8. The zero-order valence-corrected chi connectivity index (χ0v) is 16.4. The van der Waals surface area contributed by atoms with Gasteiger partial charge in [0, 0.05) is 61.0 Å². The molecule has 0 aliphatic heterocycles. The lowest BCUT2D eigenvalue weighted by Crippen LogP contribution is -2.29. The van der Waals surface area contributed by atoms with Gasteiger partial charge in [-0.25, -0.2) is 4.98 Å². The lowest BCUT2D eigenvalue weighted by Gasteiger charge is -2.15. The van der Waals surface area contributed by atoms with E-state index in [-0.39, 0.29) is 11.9 Å². The summed E-state index contributed by atoms with van der Waals surface area (Å²) in [6.45, 7) is 5.24. The quantitative estimate of drug-likeness (QED) is 0.653. The van der Waals surface area contributed by atoms with E-state index in [4.69, 9.17) is 0 Å². The van der Waals surface area contributed by atoms with Crippen molar-refractivity contribution in [2.24, 2.45) is 0 Å². The van der Waals surface area contributed by atoms with Crippen LogP contribution in [0.25, 0.3) is 11.1 Å². The largest absolute Gasteiger partial charge is 0.354 e. The standard InChI is InChI=1S/C21H26N6O/c1-15(26-11-9-23-16(26)2)13-20(28)24-10-12-27-21(18-3-4-18)19(14-25-27)17-5-7-22-8-6-17/h5-9,11,14-15,18H,3-4,10,12-13H2,1-2H3,(H,24,28)/t15-/m0/s1. The predicted molar refractivity (Wildman–Crippen MR) is 107 cm³/mol. The summed E-state index contributed by atoms with van der Waals surface area (Å²) in [4.78, 5) is 20.7. The molecule has 0 unspecified atom stereocenters. The first kappa shape index (κ1) is 18.4. The van der Waals surface area contributed by atoms with Crippen molar-refractivity contribution in [3.63, 3.8) is 0 Å². The van der Waals surface area contributed by atoms with Crippen LogP contribution in [-0.4, -0.2) is 36.8 Å². The van der Waals surface area contributed by atoms with Crippen molar-refractivity contribution in [1.82, 2.24) is 29.6 Å². The summed E-state index contributed by atoms with van der Waals surface area (Å²) in [6, 6.07) is 4.13. The number of amides is 1. The molecule has 1 aliphatic carbocycles. The highest BCUT2D eigenvalue weighted by molar-refractivity contribution is 5.76.